The first-order chi connectivity index (χ1) is 11.6. The SMILES string of the molecule is Cn1ccnc1N=Nc1ccc(NCc2ccc(F)cc2F)cc1. The van der Waals surface area contributed by atoms with Gasteiger partial charge in [0, 0.05) is 43.3 Å². The summed E-state index contributed by atoms with van der Waals surface area (Å²) < 4.78 is 28.2. The van der Waals surface area contributed by atoms with Gasteiger partial charge in [-0.25, -0.2) is 13.8 Å². The van der Waals surface area contributed by atoms with Gasteiger partial charge in [-0.2, -0.15) is 0 Å². The third-order valence-corrected chi connectivity index (χ3v) is 3.42. The third-order valence-electron chi connectivity index (χ3n) is 3.42. The van der Waals surface area contributed by atoms with Gasteiger partial charge >= 0.3 is 0 Å². The van der Waals surface area contributed by atoms with Gasteiger partial charge in [0.15, 0.2) is 0 Å². The normalized spacial score (nSPS) is 11.1. The summed E-state index contributed by atoms with van der Waals surface area (Å²) in [5, 5.41) is 11.2. The fourth-order valence-corrected chi connectivity index (χ4v) is 2.06. The van der Waals surface area contributed by atoms with Crippen LogP contribution in [0.5, 0.6) is 0 Å². The Balaban J connectivity index is 1.62. The molecule has 0 saturated carbocycles. The number of halogens is 2. The van der Waals surface area contributed by atoms with Crippen molar-refractivity contribution in [2.24, 2.45) is 17.3 Å². The summed E-state index contributed by atoms with van der Waals surface area (Å²) in [7, 11) is 1.84. The van der Waals surface area contributed by atoms with Gasteiger partial charge in [-0.1, -0.05) is 6.07 Å². The first kappa shape index (κ1) is 15.8. The molecular formula is C17H15F2N5. The van der Waals surface area contributed by atoms with Crippen LogP contribution in [-0.2, 0) is 13.6 Å². The van der Waals surface area contributed by atoms with Crippen LogP contribution in [0.25, 0.3) is 0 Å². The molecule has 3 rings (SSSR count). The van der Waals surface area contributed by atoms with Crippen molar-refractivity contribution < 1.29 is 8.78 Å². The molecule has 1 N–H and O–H groups in total. The maximum absolute atomic E-state index is 13.6. The standard InChI is InChI=1S/C17H15F2N5/c1-24-9-8-20-17(24)23-22-15-6-4-14(5-7-15)21-11-12-2-3-13(18)10-16(12)19/h2-10,21H,11H2,1H3. The number of anilines is 1. The summed E-state index contributed by atoms with van der Waals surface area (Å²) >= 11 is 0. The van der Waals surface area contributed by atoms with Crippen molar-refractivity contribution in [3.05, 3.63) is 72.1 Å². The summed E-state index contributed by atoms with van der Waals surface area (Å²) in [5.41, 5.74) is 1.88. The first-order valence-electron chi connectivity index (χ1n) is 7.29. The van der Waals surface area contributed by atoms with E-state index in [4.69, 9.17) is 0 Å². The molecule has 0 unspecified atom stereocenters. The van der Waals surface area contributed by atoms with E-state index in [9.17, 15) is 8.78 Å². The molecule has 0 spiro atoms. The minimum Gasteiger partial charge on any atom is -0.381 e. The third kappa shape index (κ3) is 3.81. The van der Waals surface area contributed by atoms with E-state index in [1.165, 1.54) is 12.1 Å². The summed E-state index contributed by atoms with van der Waals surface area (Å²) in [4.78, 5) is 4.05. The highest BCUT2D eigenvalue weighted by Gasteiger charge is 2.03. The Kier molecular flexibility index (Phi) is 4.60. The van der Waals surface area contributed by atoms with Crippen molar-refractivity contribution in [2.75, 3.05) is 5.32 Å². The van der Waals surface area contributed by atoms with Gasteiger partial charge in [0.2, 0.25) is 5.95 Å². The zero-order chi connectivity index (χ0) is 16.9. The Morgan fingerprint density at radius 1 is 1.08 bits per heavy atom. The van der Waals surface area contributed by atoms with Crippen LogP contribution in [0.4, 0.5) is 26.1 Å². The molecule has 0 atom stereocenters. The highest BCUT2D eigenvalue weighted by molar-refractivity contribution is 5.51. The summed E-state index contributed by atoms with van der Waals surface area (Å²) in [5.74, 6) is -0.634. The minimum absolute atomic E-state index is 0.264. The molecule has 3 aromatic rings. The fourth-order valence-electron chi connectivity index (χ4n) is 2.06. The van der Waals surface area contributed by atoms with E-state index in [2.05, 4.69) is 20.5 Å². The van der Waals surface area contributed by atoms with E-state index in [0.717, 1.165) is 11.8 Å². The van der Waals surface area contributed by atoms with Gasteiger partial charge in [-0.05, 0) is 30.3 Å². The first-order valence-corrected chi connectivity index (χ1v) is 7.29. The molecule has 5 nitrogen and oxygen atoms in total. The molecule has 0 fully saturated rings. The van der Waals surface area contributed by atoms with Gasteiger partial charge in [0.25, 0.3) is 0 Å². The van der Waals surface area contributed by atoms with E-state index < -0.39 is 11.6 Å². The lowest BCUT2D eigenvalue weighted by Crippen LogP contribution is -2.01. The Morgan fingerprint density at radius 2 is 1.88 bits per heavy atom. The maximum Gasteiger partial charge on any atom is 0.249 e. The van der Waals surface area contributed by atoms with Crippen LogP contribution in [0.2, 0.25) is 0 Å². The average Bonchev–Trinajstić information content (AvgIpc) is 2.98. The Morgan fingerprint density at radius 3 is 2.54 bits per heavy atom. The van der Waals surface area contributed by atoms with Gasteiger partial charge in [-0.3, -0.25) is 0 Å². The molecule has 0 aliphatic rings. The number of nitrogens with one attached hydrogen (secondary N) is 1. The molecule has 0 bridgehead atoms. The van der Waals surface area contributed by atoms with Crippen LogP contribution in [0.3, 0.4) is 0 Å². The van der Waals surface area contributed by atoms with Gasteiger partial charge in [0.05, 0.1) is 5.69 Å². The summed E-state index contributed by atoms with van der Waals surface area (Å²) in [6.07, 6.45) is 3.44. The quantitative estimate of drug-likeness (QED) is 0.689. The summed E-state index contributed by atoms with van der Waals surface area (Å²) in [6.45, 7) is 0.264. The second-order valence-electron chi connectivity index (χ2n) is 5.17. The van der Waals surface area contributed by atoms with Crippen LogP contribution in [-0.4, -0.2) is 9.55 Å². The molecule has 1 heterocycles. The number of nitrogens with zero attached hydrogens (tertiary/aromatic N) is 4. The Hall–Kier alpha value is -3.09. The van der Waals surface area contributed by atoms with Crippen LogP contribution >= 0.6 is 0 Å². The molecule has 1 aromatic heterocycles. The van der Waals surface area contributed by atoms with Gasteiger partial charge in [-0.15, -0.1) is 10.2 Å². The number of azo groups is 1. The number of benzene rings is 2. The van der Waals surface area contributed by atoms with Crippen molar-refractivity contribution >= 4 is 17.3 Å². The number of aryl methyl sites for hydroxylation is 1. The van der Waals surface area contributed by atoms with Crippen molar-refractivity contribution in [1.29, 1.82) is 0 Å². The van der Waals surface area contributed by atoms with E-state index in [0.29, 0.717) is 17.2 Å². The van der Waals surface area contributed by atoms with E-state index >= 15 is 0 Å². The number of hydrogen-bond acceptors (Lipinski definition) is 4. The van der Waals surface area contributed by atoms with E-state index in [-0.39, 0.29) is 6.54 Å². The van der Waals surface area contributed by atoms with Crippen molar-refractivity contribution in [1.82, 2.24) is 9.55 Å². The number of rotatable bonds is 5. The highest BCUT2D eigenvalue weighted by Crippen LogP contribution is 2.20. The fraction of sp³-hybridized carbons (Fsp3) is 0.118. The number of hydrogen-bond donors (Lipinski definition) is 1. The number of aromatic nitrogens is 2. The maximum atomic E-state index is 13.6. The molecular weight excluding hydrogens is 312 g/mol. The van der Waals surface area contributed by atoms with Gasteiger partial charge < -0.3 is 9.88 Å². The summed E-state index contributed by atoms with van der Waals surface area (Å²) in [6, 6.07) is 10.7. The molecule has 122 valence electrons. The monoisotopic (exact) mass is 327 g/mol. The number of imidazole rings is 1. The molecule has 24 heavy (non-hydrogen) atoms. The lowest BCUT2D eigenvalue weighted by Gasteiger charge is -2.07. The topological polar surface area (TPSA) is 54.6 Å². The Labute approximate surface area is 137 Å². The van der Waals surface area contributed by atoms with Crippen LogP contribution < -0.4 is 5.32 Å². The molecule has 0 saturated heterocycles. The molecule has 0 aliphatic carbocycles. The smallest absolute Gasteiger partial charge is 0.249 e. The Bertz CT molecular complexity index is 856. The second kappa shape index (κ2) is 6.99. The lowest BCUT2D eigenvalue weighted by atomic mass is 10.2. The van der Waals surface area contributed by atoms with Crippen LogP contribution in [0, 0.1) is 11.6 Å². The molecule has 0 radical (unpaired) electrons. The predicted molar refractivity (Wildman–Crippen MR) is 87.5 cm³/mol. The largest absolute Gasteiger partial charge is 0.381 e. The van der Waals surface area contributed by atoms with Crippen molar-refractivity contribution in [2.45, 2.75) is 6.54 Å². The minimum atomic E-state index is -0.585. The zero-order valence-corrected chi connectivity index (χ0v) is 12.9. The molecule has 0 aliphatic heterocycles. The van der Waals surface area contributed by atoms with E-state index in [1.807, 2.05) is 19.2 Å². The second-order valence-corrected chi connectivity index (χ2v) is 5.17. The molecule has 0 amide bonds. The van der Waals surface area contributed by atoms with Crippen molar-refractivity contribution in [3.63, 3.8) is 0 Å². The van der Waals surface area contributed by atoms with Crippen LogP contribution in [0.1, 0.15) is 5.56 Å². The van der Waals surface area contributed by atoms with Gasteiger partial charge in [0.1, 0.15) is 11.6 Å². The molecule has 7 heteroatoms. The van der Waals surface area contributed by atoms with Crippen molar-refractivity contribution in [3.8, 4) is 0 Å². The average molecular weight is 327 g/mol. The van der Waals surface area contributed by atoms with Crippen LogP contribution in [0.15, 0.2) is 65.1 Å². The predicted octanol–water partition coefficient (Wildman–Crippen LogP) is 4.73. The zero-order valence-electron chi connectivity index (χ0n) is 12.9. The van der Waals surface area contributed by atoms with E-state index in [1.54, 1.807) is 29.1 Å². The highest BCUT2D eigenvalue weighted by atomic mass is 19.1. The molecule has 2 aromatic carbocycles. The lowest BCUT2D eigenvalue weighted by molar-refractivity contribution is 0.574.